The number of hydrogen-bond acceptors (Lipinski definition) is 6. The predicted octanol–water partition coefficient (Wildman–Crippen LogP) is -0.314. The summed E-state index contributed by atoms with van der Waals surface area (Å²) in [6.07, 6.45) is 1.56. The first kappa shape index (κ1) is 12.2. The molecule has 1 heterocycles. The smallest absolute Gasteiger partial charge is 0.239 e. The summed E-state index contributed by atoms with van der Waals surface area (Å²) in [4.78, 5) is 19.0. The molecule has 0 bridgehead atoms. The van der Waals surface area contributed by atoms with Gasteiger partial charge in [0.1, 0.15) is 5.82 Å². The summed E-state index contributed by atoms with van der Waals surface area (Å²) in [6.45, 7) is 3.90. The van der Waals surface area contributed by atoms with E-state index in [1.165, 1.54) is 0 Å². The molecule has 1 rings (SSSR count). The molecule has 0 fully saturated rings. The highest BCUT2D eigenvalue weighted by molar-refractivity contribution is 5.80. The van der Waals surface area contributed by atoms with Crippen LogP contribution in [0.2, 0.25) is 0 Å². The maximum Gasteiger partial charge on any atom is 0.239 e. The van der Waals surface area contributed by atoms with Gasteiger partial charge in [-0.25, -0.2) is 10.8 Å². The number of hydrazine groups is 1. The molecule has 88 valence electrons. The molecule has 0 aliphatic carbocycles. The summed E-state index contributed by atoms with van der Waals surface area (Å²) >= 11 is 0. The highest BCUT2D eigenvalue weighted by Crippen LogP contribution is 2.15. The number of primary amides is 1. The Morgan fingerprint density at radius 3 is 2.81 bits per heavy atom. The van der Waals surface area contributed by atoms with Gasteiger partial charge in [-0.3, -0.25) is 10.2 Å². The second-order valence-electron chi connectivity index (χ2n) is 4.01. The monoisotopic (exact) mass is 224 g/mol. The third-order valence-electron chi connectivity index (χ3n) is 2.16. The number of hydrogen-bond donors (Lipinski definition) is 4. The van der Waals surface area contributed by atoms with E-state index in [1.807, 2.05) is 0 Å². The van der Waals surface area contributed by atoms with Crippen molar-refractivity contribution >= 4 is 17.7 Å². The molecule has 16 heavy (non-hydrogen) atoms. The van der Waals surface area contributed by atoms with Crippen molar-refractivity contribution in [2.45, 2.75) is 13.8 Å². The zero-order chi connectivity index (χ0) is 12.2. The van der Waals surface area contributed by atoms with Gasteiger partial charge in [-0.1, -0.05) is 0 Å². The third kappa shape index (κ3) is 3.06. The van der Waals surface area contributed by atoms with Crippen LogP contribution in [0.5, 0.6) is 0 Å². The quantitative estimate of drug-likeness (QED) is 0.402. The van der Waals surface area contributed by atoms with Gasteiger partial charge in [0, 0.05) is 12.7 Å². The fraction of sp³-hybridized carbons (Fsp3) is 0.444. The summed E-state index contributed by atoms with van der Waals surface area (Å²) in [5.74, 6) is 5.69. The Balaban J connectivity index is 2.64. The number of rotatable bonds is 5. The van der Waals surface area contributed by atoms with E-state index in [2.05, 4.69) is 20.7 Å². The molecule has 0 spiro atoms. The molecule has 1 aromatic heterocycles. The van der Waals surface area contributed by atoms with Crippen LogP contribution in [-0.4, -0.2) is 22.4 Å². The van der Waals surface area contributed by atoms with Gasteiger partial charge in [-0.15, -0.1) is 0 Å². The van der Waals surface area contributed by atoms with Crippen LogP contribution in [0.3, 0.4) is 0 Å². The maximum atomic E-state index is 11.1. The standard InChI is InChI=1S/C9H16N6O/c1-9(2,7(10)16)5-13-6-3-4-12-8(14-6)15-11/h3-4H,5,11H2,1-2H3,(H2,10,16)(H2,12,13,14,15). The number of nitrogen functional groups attached to an aromatic ring is 1. The van der Waals surface area contributed by atoms with Crippen LogP contribution >= 0.6 is 0 Å². The minimum Gasteiger partial charge on any atom is -0.369 e. The van der Waals surface area contributed by atoms with Crippen molar-refractivity contribution in [3.8, 4) is 0 Å². The summed E-state index contributed by atoms with van der Waals surface area (Å²) in [5.41, 5.74) is 6.94. The molecule has 0 unspecified atom stereocenters. The SMILES string of the molecule is CC(C)(CNc1ccnc(NN)n1)C(N)=O. The van der Waals surface area contributed by atoms with Gasteiger partial charge in [0.05, 0.1) is 5.41 Å². The Bertz CT molecular complexity index is 378. The lowest BCUT2D eigenvalue weighted by molar-refractivity contribution is -0.125. The molecule has 0 saturated heterocycles. The first-order valence-corrected chi connectivity index (χ1v) is 4.79. The molecule has 0 aromatic carbocycles. The lowest BCUT2D eigenvalue weighted by atomic mass is 9.93. The van der Waals surface area contributed by atoms with Crippen molar-refractivity contribution in [1.82, 2.24) is 9.97 Å². The molecule has 0 radical (unpaired) electrons. The van der Waals surface area contributed by atoms with Crippen molar-refractivity contribution in [2.75, 3.05) is 17.3 Å². The number of carbonyl (C=O) groups excluding carboxylic acids is 1. The lowest BCUT2D eigenvalue weighted by Gasteiger charge is -2.21. The first-order valence-electron chi connectivity index (χ1n) is 4.79. The number of carbonyl (C=O) groups is 1. The van der Waals surface area contributed by atoms with E-state index < -0.39 is 5.41 Å². The van der Waals surface area contributed by atoms with E-state index in [1.54, 1.807) is 26.1 Å². The Morgan fingerprint density at radius 1 is 1.56 bits per heavy atom. The largest absolute Gasteiger partial charge is 0.369 e. The van der Waals surface area contributed by atoms with Gasteiger partial charge in [0.15, 0.2) is 0 Å². The molecule has 7 heteroatoms. The van der Waals surface area contributed by atoms with Crippen LogP contribution < -0.4 is 22.3 Å². The minimum atomic E-state index is -0.638. The van der Waals surface area contributed by atoms with Gasteiger partial charge in [0.25, 0.3) is 0 Å². The molecule has 1 amide bonds. The molecule has 1 aromatic rings. The molecule has 7 nitrogen and oxygen atoms in total. The molecule has 0 atom stereocenters. The van der Waals surface area contributed by atoms with E-state index >= 15 is 0 Å². The number of aromatic nitrogens is 2. The summed E-state index contributed by atoms with van der Waals surface area (Å²) in [7, 11) is 0. The fourth-order valence-electron chi connectivity index (χ4n) is 0.925. The molecule has 0 saturated carbocycles. The zero-order valence-electron chi connectivity index (χ0n) is 9.32. The van der Waals surface area contributed by atoms with Gasteiger partial charge < -0.3 is 11.1 Å². The summed E-state index contributed by atoms with van der Waals surface area (Å²) in [6, 6.07) is 1.68. The maximum absolute atomic E-state index is 11.1. The Hall–Kier alpha value is -1.89. The Labute approximate surface area is 93.6 Å². The van der Waals surface area contributed by atoms with E-state index in [-0.39, 0.29) is 5.91 Å². The predicted molar refractivity (Wildman–Crippen MR) is 61.3 cm³/mol. The Morgan fingerprint density at radius 2 is 2.25 bits per heavy atom. The van der Waals surface area contributed by atoms with Crippen LogP contribution in [0.25, 0.3) is 0 Å². The second-order valence-corrected chi connectivity index (χ2v) is 4.01. The van der Waals surface area contributed by atoms with Crippen molar-refractivity contribution in [3.05, 3.63) is 12.3 Å². The van der Waals surface area contributed by atoms with Gasteiger partial charge >= 0.3 is 0 Å². The number of nitrogens with two attached hydrogens (primary N) is 2. The number of anilines is 2. The highest BCUT2D eigenvalue weighted by Gasteiger charge is 2.24. The van der Waals surface area contributed by atoms with E-state index in [4.69, 9.17) is 11.6 Å². The molecule has 0 aliphatic rings. The number of amides is 1. The third-order valence-corrected chi connectivity index (χ3v) is 2.16. The fourth-order valence-corrected chi connectivity index (χ4v) is 0.925. The van der Waals surface area contributed by atoms with Crippen LogP contribution in [0.4, 0.5) is 11.8 Å². The van der Waals surface area contributed by atoms with Crippen LogP contribution in [0.15, 0.2) is 12.3 Å². The second kappa shape index (κ2) is 4.75. The van der Waals surface area contributed by atoms with E-state index in [9.17, 15) is 4.79 Å². The van der Waals surface area contributed by atoms with Crippen molar-refractivity contribution < 1.29 is 4.79 Å². The van der Waals surface area contributed by atoms with Crippen LogP contribution in [0, 0.1) is 5.41 Å². The Kier molecular flexibility index (Phi) is 3.62. The van der Waals surface area contributed by atoms with Crippen molar-refractivity contribution in [1.29, 1.82) is 0 Å². The highest BCUT2D eigenvalue weighted by atomic mass is 16.1. The van der Waals surface area contributed by atoms with Crippen LogP contribution in [-0.2, 0) is 4.79 Å². The van der Waals surface area contributed by atoms with Gasteiger partial charge in [-0.2, -0.15) is 4.98 Å². The van der Waals surface area contributed by atoms with Crippen molar-refractivity contribution in [2.24, 2.45) is 17.0 Å². The van der Waals surface area contributed by atoms with Gasteiger partial charge in [-0.05, 0) is 19.9 Å². The normalized spacial score (nSPS) is 10.9. The molecular formula is C9H16N6O. The van der Waals surface area contributed by atoms with Crippen molar-refractivity contribution in [3.63, 3.8) is 0 Å². The zero-order valence-corrected chi connectivity index (χ0v) is 9.32. The van der Waals surface area contributed by atoms with Gasteiger partial charge in [0.2, 0.25) is 11.9 Å². The number of nitrogens with zero attached hydrogens (tertiary/aromatic N) is 2. The molecular weight excluding hydrogens is 208 g/mol. The summed E-state index contributed by atoms with van der Waals surface area (Å²) in [5, 5.41) is 2.99. The first-order chi connectivity index (χ1) is 7.45. The number of nitrogens with one attached hydrogen (secondary N) is 2. The lowest BCUT2D eigenvalue weighted by Crippen LogP contribution is -2.37. The summed E-state index contributed by atoms with van der Waals surface area (Å²) < 4.78 is 0. The van der Waals surface area contributed by atoms with E-state index in [0.29, 0.717) is 18.3 Å². The average molecular weight is 224 g/mol. The molecule has 6 N–H and O–H groups in total. The molecule has 0 aliphatic heterocycles. The topological polar surface area (TPSA) is 119 Å². The average Bonchev–Trinajstić information content (AvgIpc) is 2.26. The van der Waals surface area contributed by atoms with E-state index in [0.717, 1.165) is 0 Å². The van der Waals surface area contributed by atoms with Crippen LogP contribution in [0.1, 0.15) is 13.8 Å². The minimum absolute atomic E-state index is 0.307.